The van der Waals surface area contributed by atoms with Gasteiger partial charge in [0.25, 0.3) is 0 Å². The highest BCUT2D eigenvalue weighted by Crippen LogP contribution is 2.27. The average Bonchev–Trinajstić information content (AvgIpc) is 2.03. The van der Waals surface area contributed by atoms with Crippen LogP contribution in [0.3, 0.4) is 0 Å². The van der Waals surface area contributed by atoms with Crippen LogP contribution in [0.5, 0.6) is 0 Å². The highest BCUT2D eigenvalue weighted by molar-refractivity contribution is 9.10. The summed E-state index contributed by atoms with van der Waals surface area (Å²) in [7, 11) is 4.04. The van der Waals surface area contributed by atoms with Crippen molar-refractivity contribution in [3.8, 4) is 0 Å². The van der Waals surface area contributed by atoms with Gasteiger partial charge in [-0.3, -0.25) is 0 Å². The molecular weight excluding hydrogens is 228 g/mol. The van der Waals surface area contributed by atoms with Crippen molar-refractivity contribution in [2.24, 2.45) is 5.73 Å². The zero-order chi connectivity index (χ0) is 10.0. The van der Waals surface area contributed by atoms with E-state index in [4.69, 9.17) is 5.73 Å². The fourth-order valence-corrected chi connectivity index (χ4v) is 1.92. The van der Waals surface area contributed by atoms with Crippen molar-refractivity contribution < 1.29 is 0 Å². The molecule has 1 rings (SSSR count). The normalized spacial score (nSPS) is 12.7. The van der Waals surface area contributed by atoms with Crippen LogP contribution in [0, 0.1) is 0 Å². The Morgan fingerprint density at radius 2 is 2.00 bits per heavy atom. The van der Waals surface area contributed by atoms with Crippen LogP contribution in [0.2, 0.25) is 0 Å². The predicted molar refractivity (Wildman–Crippen MR) is 61.1 cm³/mol. The fraction of sp³-hybridized carbons (Fsp3) is 0.400. The van der Waals surface area contributed by atoms with E-state index in [1.54, 1.807) is 0 Å². The maximum atomic E-state index is 5.77. The molecule has 0 heterocycles. The minimum absolute atomic E-state index is 0.0903. The third-order valence-electron chi connectivity index (χ3n) is 1.98. The molecule has 1 aromatic rings. The van der Waals surface area contributed by atoms with Crippen LogP contribution in [0.25, 0.3) is 0 Å². The predicted octanol–water partition coefficient (Wildman–Crippen LogP) is 2.53. The molecule has 0 aromatic heterocycles. The van der Waals surface area contributed by atoms with Gasteiger partial charge in [-0.15, -0.1) is 0 Å². The summed E-state index contributed by atoms with van der Waals surface area (Å²) in [5.74, 6) is 0. The number of nitrogens with two attached hydrogens (primary N) is 1. The average molecular weight is 243 g/mol. The Labute approximate surface area is 87.9 Å². The molecule has 0 aliphatic rings. The fourth-order valence-electron chi connectivity index (χ4n) is 1.17. The van der Waals surface area contributed by atoms with Crippen LogP contribution >= 0.6 is 15.9 Å². The van der Waals surface area contributed by atoms with E-state index in [-0.39, 0.29) is 6.04 Å². The van der Waals surface area contributed by atoms with Crippen LogP contribution in [0.4, 0.5) is 5.69 Å². The van der Waals surface area contributed by atoms with Crippen LogP contribution in [0.15, 0.2) is 22.7 Å². The molecule has 0 saturated carbocycles. The molecule has 2 N–H and O–H groups in total. The van der Waals surface area contributed by atoms with Crippen molar-refractivity contribution in [2.75, 3.05) is 19.0 Å². The lowest BCUT2D eigenvalue weighted by Crippen LogP contribution is -2.10. The topological polar surface area (TPSA) is 29.3 Å². The molecule has 13 heavy (non-hydrogen) atoms. The van der Waals surface area contributed by atoms with Crippen molar-refractivity contribution in [3.63, 3.8) is 0 Å². The van der Waals surface area contributed by atoms with Gasteiger partial charge in [-0.05, 0) is 40.5 Å². The van der Waals surface area contributed by atoms with E-state index in [0.717, 1.165) is 10.0 Å². The lowest BCUT2D eigenvalue weighted by molar-refractivity contribution is 0.817. The maximum Gasteiger partial charge on any atom is 0.0505 e. The van der Waals surface area contributed by atoms with Gasteiger partial charge in [0.15, 0.2) is 0 Å². The van der Waals surface area contributed by atoms with E-state index >= 15 is 0 Å². The molecule has 1 atom stereocenters. The molecule has 0 aliphatic carbocycles. The van der Waals surface area contributed by atoms with Crippen LogP contribution in [0.1, 0.15) is 18.5 Å². The number of anilines is 1. The highest BCUT2D eigenvalue weighted by atomic mass is 79.9. The van der Waals surface area contributed by atoms with Crippen molar-refractivity contribution >= 4 is 21.6 Å². The van der Waals surface area contributed by atoms with E-state index < -0.39 is 0 Å². The van der Waals surface area contributed by atoms with E-state index in [9.17, 15) is 0 Å². The molecule has 2 nitrogen and oxygen atoms in total. The van der Waals surface area contributed by atoms with E-state index in [1.807, 2.05) is 21.0 Å². The molecule has 0 spiro atoms. The Morgan fingerprint density at radius 1 is 1.38 bits per heavy atom. The number of hydrogen-bond donors (Lipinski definition) is 1. The summed E-state index contributed by atoms with van der Waals surface area (Å²) in [5, 5.41) is 0. The van der Waals surface area contributed by atoms with Crippen molar-refractivity contribution in [3.05, 3.63) is 28.2 Å². The quantitative estimate of drug-likeness (QED) is 0.864. The molecule has 0 fully saturated rings. The lowest BCUT2D eigenvalue weighted by atomic mass is 10.1. The van der Waals surface area contributed by atoms with Crippen LogP contribution < -0.4 is 10.6 Å². The largest absolute Gasteiger partial charge is 0.377 e. The van der Waals surface area contributed by atoms with Gasteiger partial charge in [0.05, 0.1) is 5.69 Å². The number of rotatable bonds is 2. The van der Waals surface area contributed by atoms with Gasteiger partial charge in [0, 0.05) is 24.6 Å². The Kier molecular flexibility index (Phi) is 3.33. The van der Waals surface area contributed by atoms with Crippen molar-refractivity contribution in [1.29, 1.82) is 0 Å². The first kappa shape index (κ1) is 10.5. The third kappa shape index (κ3) is 2.45. The smallest absolute Gasteiger partial charge is 0.0505 e. The summed E-state index contributed by atoms with van der Waals surface area (Å²) < 4.78 is 1.09. The molecule has 0 aliphatic heterocycles. The van der Waals surface area contributed by atoms with Crippen LogP contribution in [-0.2, 0) is 0 Å². The summed E-state index contributed by atoms with van der Waals surface area (Å²) in [4.78, 5) is 2.06. The molecule has 72 valence electrons. The van der Waals surface area contributed by atoms with Gasteiger partial charge in [0.2, 0.25) is 0 Å². The van der Waals surface area contributed by atoms with E-state index in [1.165, 1.54) is 5.69 Å². The summed E-state index contributed by atoms with van der Waals surface area (Å²) in [5.41, 5.74) is 8.10. The van der Waals surface area contributed by atoms with Crippen molar-refractivity contribution in [2.45, 2.75) is 13.0 Å². The number of nitrogens with zero attached hydrogens (tertiary/aromatic N) is 1. The van der Waals surface area contributed by atoms with E-state index in [0.29, 0.717) is 0 Å². The molecule has 0 radical (unpaired) electrons. The van der Waals surface area contributed by atoms with E-state index in [2.05, 4.69) is 39.0 Å². The SMILES string of the molecule is C[C@H](N)c1ccc(N(C)C)c(Br)c1. The number of halogens is 1. The summed E-state index contributed by atoms with van der Waals surface area (Å²) in [6.45, 7) is 1.98. The minimum Gasteiger partial charge on any atom is -0.377 e. The zero-order valence-electron chi connectivity index (χ0n) is 8.21. The molecular formula is C10H15BrN2. The molecule has 1 aromatic carbocycles. The van der Waals surface area contributed by atoms with Gasteiger partial charge in [-0.2, -0.15) is 0 Å². The molecule has 0 bridgehead atoms. The van der Waals surface area contributed by atoms with Gasteiger partial charge < -0.3 is 10.6 Å². The summed E-state index contributed by atoms with van der Waals surface area (Å²) in [6, 6.07) is 6.29. The van der Waals surface area contributed by atoms with Gasteiger partial charge in [0.1, 0.15) is 0 Å². The Hall–Kier alpha value is -0.540. The lowest BCUT2D eigenvalue weighted by Gasteiger charge is -2.16. The first-order valence-electron chi connectivity index (χ1n) is 4.24. The summed E-state index contributed by atoms with van der Waals surface area (Å²) in [6.07, 6.45) is 0. The first-order chi connectivity index (χ1) is 6.02. The second kappa shape index (κ2) is 4.11. The summed E-state index contributed by atoms with van der Waals surface area (Å²) >= 11 is 3.52. The Bertz CT molecular complexity index is 295. The Balaban J connectivity index is 3.06. The molecule has 0 amide bonds. The van der Waals surface area contributed by atoms with Crippen LogP contribution in [-0.4, -0.2) is 14.1 Å². The maximum absolute atomic E-state index is 5.77. The molecule has 0 saturated heterocycles. The zero-order valence-corrected chi connectivity index (χ0v) is 9.80. The second-order valence-corrected chi connectivity index (χ2v) is 4.25. The third-order valence-corrected chi connectivity index (χ3v) is 2.61. The van der Waals surface area contributed by atoms with Gasteiger partial charge >= 0.3 is 0 Å². The highest BCUT2D eigenvalue weighted by Gasteiger charge is 2.05. The van der Waals surface area contributed by atoms with Gasteiger partial charge in [-0.25, -0.2) is 0 Å². The standard InChI is InChI=1S/C10H15BrN2/c1-7(12)8-4-5-10(13(2)3)9(11)6-8/h4-7H,12H2,1-3H3/t7-/m0/s1. The van der Waals surface area contributed by atoms with Gasteiger partial charge in [-0.1, -0.05) is 6.07 Å². The minimum atomic E-state index is 0.0903. The number of benzene rings is 1. The first-order valence-corrected chi connectivity index (χ1v) is 5.04. The second-order valence-electron chi connectivity index (χ2n) is 3.39. The Morgan fingerprint density at radius 3 is 2.38 bits per heavy atom. The molecule has 0 unspecified atom stereocenters. The number of hydrogen-bond acceptors (Lipinski definition) is 2. The monoisotopic (exact) mass is 242 g/mol. The van der Waals surface area contributed by atoms with Crippen molar-refractivity contribution in [1.82, 2.24) is 0 Å². The molecule has 3 heteroatoms.